The summed E-state index contributed by atoms with van der Waals surface area (Å²) in [5, 5.41) is 9.30. The highest BCUT2D eigenvalue weighted by molar-refractivity contribution is 14.1. The molecule has 0 amide bonds. The predicted octanol–water partition coefficient (Wildman–Crippen LogP) is -0.471. The second-order valence-corrected chi connectivity index (χ2v) is 3.92. The van der Waals surface area contributed by atoms with Crippen molar-refractivity contribution in [1.29, 1.82) is 0 Å². The third kappa shape index (κ3) is 1.41. The van der Waals surface area contributed by atoms with Gasteiger partial charge in [0.05, 0.1) is 16.1 Å². The Morgan fingerprint density at radius 2 is 2.22 bits per heavy atom. The quantitative estimate of drug-likeness (QED) is 0.352. The van der Waals surface area contributed by atoms with Gasteiger partial charge in [-0.2, -0.15) is 0 Å². The van der Waals surface area contributed by atoms with Crippen LogP contribution in [-0.2, 0) is 4.74 Å². The molecule has 0 saturated carbocycles. The number of hydrogen-bond donors (Lipinski definition) is 1. The van der Waals surface area contributed by atoms with Gasteiger partial charge in [-0.3, -0.25) is 0 Å². The van der Waals surface area contributed by atoms with Gasteiger partial charge in [-0.05, 0) is 6.92 Å². The van der Waals surface area contributed by atoms with Crippen molar-refractivity contribution in [2.75, 3.05) is 0 Å². The molecule has 9 heavy (non-hydrogen) atoms. The lowest BCUT2D eigenvalue weighted by molar-refractivity contribution is 0.0458. The number of aliphatic hydroxyl groups excluding tert-OH is 1. The van der Waals surface area contributed by atoms with Gasteiger partial charge in [-0.1, -0.05) is 22.6 Å². The summed E-state index contributed by atoms with van der Waals surface area (Å²) in [4.78, 5) is 0. The van der Waals surface area contributed by atoms with Crippen LogP contribution in [0.4, 0.5) is 0 Å². The number of halogens is 1. The summed E-state index contributed by atoms with van der Waals surface area (Å²) in [6, 6.07) is 0.204. The minimum Gasteiger partial charge on any atom is -0.389 e. The maximum absolute atomic E-state index is 9.30. The van der Waals surface area contributed by atoms with E-state index in [9.17, 15) is 5.11 Å². The fourth-order valence-corrected chi connectivity index (χ4v) is 1.78. The summed E-state index contributed by atoms with van der Waals surface area (Å²) < 4.78 is 5.59. The predicted molar refractivity (Wildman–Crippen MR) is 46.7 cm³/mol. The molecule has 1 N–H and O–H groups in total. The molecule has 1 fully saturated rings. The Morgan fingerprint density at radius 1 is 1.67 bits per heavy atom. The molecule has 4 atom stereocenters. The van der Waals surface area contributed by atoms with Crippen LogP contribution >= 0.6 is 22.6 Å². The summed E-state index contributed by atoms with van der Waals surface area (Å²) >= 11 is 2.22. The standard InChI is InChI=1S/C5H10BIO2/c1-2-4(8)3(7)5(6)9-2/h2-5,8H,6H2,1H3/t2?,3-,4-,5?/m1/s1. The van der Waals surface area contributed by atoms with Crippen LogP contribution in [0.2, 0.25) is 0 Å². The fraction of sp³-hybridized carbons (Fsp3) is 1.00. The fourth-order valence-electron chi connectivity index (χ4n) is 1.03. The van der Waals surface area contributed by atoms with Crippen LogP contribution in [0.25, 0.3) is 0 Å². The summed E-state index contributed by atoms with van der Waals surface area (Å²) in [6.07, 6.45) is -0.262. The minimum absolute atomic E-state index is 0.0156. The first-order chi connectivity index (χ1) is 4.13. The average Bonchev–Trinajstić information content (AvgIpc) is 1.98. The molecule has 1 aliphatic heterocycles. The van der Waals surface area contributed by atoms with Crippen molar-refractivity contribution < 1.29 is 9.84 Å². The molecule has 0 aromatic carbocycles. The third-order valence-electron chi connectivity index (χ3n) is 1.68. The van der Waals surface area contributed by atoms with E-state index in [2.05, 4.69) is 22.6 Å². The first kappa shape index (κ1) is 7.82. The first-order valence-electron chi connectivity index (χ1n) is 3.10. The summed E-state index contributed by atoms with van der Waals surface area (Å²) in [5.74, 6) is 0. The minimum atomic E-state index is -0.277. The first-order valence-corrected chi connectivity index (χ1v) is 4.35. The summed E-state index contributed by atoms with van der Waals surface area (Å²) in [6.45, 7) is 1.90. The lowest BCUT2D eigenvalue weighted by Gasteiger charge is -2.07. The van der Waals surface area contributed by atoms with Gasteiger partial charge in [0.25, 0.3) is 0 Å². The van der Waals surface area contributed by atoms with Gasteiger partial charge in [0.15, 0.2) is 0 Å². The molecule has 0 aromatic rings. The van der Waals surface area contributed by atoms with E-state index < -0.39 is 0 Å². The molecule has 0 radical (unpaired) electrons. The van der Waals surface area contributed by atoms with Gasteiger partial charge in [-0.15, -0.1) is 0 Å². The molecule has 0 bridgehead atoms. The van der Waals surface area contributed by atoms with E-state index in [1.807, 2.05) is 14.8 Å². The maximum atomic E-state index is 9.30. The molecule has 2 unspecified atom stereocenters. The van der Waals surface area contributed by atoms with E-state index in [1.165, 1.54) is 0 Å². The number of aliphatic hydroxyl groups is 1. The highest BCUT2D eigenvalue weighted by Gasteiger charge is 2.36. The van der Waals surface area contributed by atoms with Crippen LogP contribution in [-0.4, -0.2) is 35.1 Å². The Bertz CT molecular complexity index is 99.1. The van der Waals surface area contributed by atoms with Crippen LogP contribution in [0.5, 0.6) is 0 Å². The molecule has 4 heteroatoms. The van der Waals surface area contributed by atoms with Crippen molar-refractivity contribution >= 4 is 30.4 Å². The largest absolute Gasteiger partial charge is 0.389 e. The van der Waals surface area contributed by atoms with Gasteiger partial charge in [-0.25, -0.2) is 0 Å². The highest BCUT2D eigenvalue weighted by Crippen LogP contribution is 2.25. The molecule has 1 rings (SSSR count). The SMILES string of the molecule is BC1OC(C)[C@@H](O)[C@H]1I. The normalized spacial score (nSPS) is 51.9. The topological polar surface area (TPSA) is 29.5 Å². The van der Waals surface area contributed by atoms with Gasteiger partial charge in [0.1, 0.15) is 7.85 Å². The maximum Gasteiger partial charge on any atom is 0.140 e. The molecule has 1 heterocycles. The lowest BCUT2D eigenvalue weighted by atomic mass is 9.96. The molecule has 52 valence electrons. The average molecular weight is 240 g/mol. The third-order valence-corrected chi connectivity index (χ3v) is 3.43. The van der Waals surface area contributed by atoms with Crippen molar-refractivity contribution in [3.05, 3.63) is 0 Å². The van der Waals surface area contributed by atoms with Crippen LogP contribution in [0.3, 0.4) is 0 Å². The zero-order chi connectivity index (χ0) is 7.02. The van der Waals surface area contributed by atoms with E-state index in [0.29, 0.717) is 0 Å². The second kappa shape index (κ2) is 2.76. The zero-order valence-corrected chi connectivity index (χ0v) is 7.70. The van der Waals surface area contributed by atoms with Gasteiger partial charge in [0.2, 0.25) is 0 Å². The van der Waals surface area contributed by atoms with Gasteiger partial charge in [0, 0.05) is 6.00 Å². The van der Waals surface area contributed by atoms with Crippen LogP contribution in [0.1, 0.15) is 6.92 Å². The summed E-state index contributed by atoms with van der Waals surface area (Å²) in [5.41, 5.74) is 0. The zero-order valence-electron chi connectivity index (χ0n) is 5.54. The van der Waals surface area contributed by atoms with Crippen LogP contribution < -0.4 is 0 Å². The van der Waals surface area contributed by atoms with E-state index in [-0.39, 0.29) is 22.1 Å². The van der Waals surface area contributed by atoms with Gasteiger partial charge < -0.3 is 9.84 Å². The number of rotatable bonds is 0. The van der Waals surface area contributed by atoms with Crippen molar-refractivity contribution in [2.45, 2.75) is 29.1 Å². The van der Waals surface area contributed by atoms with Crippen LogP contribution in [0.15, 0.2) is 0 Å². The van der Waals surface area contributed by atoms with Crippen molar-refractivity contribution in [3.8, 4) is 0 Å². The lowest BCUT2D eigenvalue weighted by Crippen LogP contribution is -2.26. The van der Waals surface area contributed by atoms with E-state index in [1.54, 1.807) is 0 Å². The van der Waals surface area contributed by atoms with Crippen molar-refractivity contribution in [2.24, 2.45) is 0 Å². The van der Waals surface area contributed by atoms with E-state index >= 15 is 0 Å². The Balaban J connectivity index is 2.54. The number of ether oxygens (including phenoxy) is 1. The molecular formula is C5H10BIO2. The van der Waals surface area contributed by atoms with Crippen LogP contribution in [0, 0.1) is 0 Å². The smallest absolute Gasteiger partial charge is 0.140 e. The Hall–Kier alpha value is 0.715. The monoisotopic (exact) mass is 240 g/mol. The highest BCUT2D eigenvalue weighted by atomic mass is 127. The van der Waals surface area contributed by atoms with Gasteiger partial charge >= 0.3 is 0 Å². The second-order valence-electron chi connectivity index (χ2n) is 2.48. The number of alkyl halides is 1. The summed E-state index contributed by atoms with van der Waals surface area (Å²) in [7, 11) is 1.99. The Kier molecular flexibility index (Phi) is 2.40. The van der Waals surface area contributed by atoms with Crippen molar-refractivity contribution in [1.82, 2.24) is 0 Å². The number of hydrogen-bond acceptors (Lipinski definition) is 2. The van der Waals surface area contributed by atoms with Crippen molar-refractivity contribution in [3.63, 3.8) is 0 Å². The molecule has 1 saturated heterocycles. The molecular weight excluding hydrogens is 230 g/mol. The van der Waals surface area contributed by atoms with E-state index in [4.69, 9.17) is 4.74 Å². The Morgan fingerprint density at radius 3 is 2.33 bits per heavy atom. The molecule has 2 nitrogen and oxygen atoms in total. The molecule has 0 spiro atoms. The Labute approximate surface area is 69.5 Å². The molecule has 1 aliphatic rings. The molecule has 0 aromatic heterocycles. The molecule has 0 aliphatic carbocycles. The van der Waals surface area contributed by atoms with E-state index in [0.717, 1.165) is 0 Å².